The molecule has 8 heteroatoms. The van der Waals surface area contributed by atoms with Gasteiger partial charge in [0.15, 0.2) is 0 Å². The van der Waals surface area contributed by atoms with Gasteiger partial charge in [0, 0.05) is 25.9 Å². The lowest BCUT2D eigenvalue weighted by Crippen LogP contribution is -2.36. The lowest BCUT2D eigenvalue weighted by molar-refractivity contribution is -0.132. The van der Waals surface area contributed by atoms with E-state index in [-0.39, 0.29) is 17.9 Å². The maximum atomic E-state index is 12.5. The van der Waals surface area contributed by atoms with E-state index >= 15 is 0 Å². The van der Waals surface area contributed by atoms with Crippen LogP contribution in [0.1, 0.15) is 33.8 Å². The number of carboxylic acid groups (broad SMARTS) is 1. The molecular weight excluding hydrogens is 350 g/mol. The summed E-state index contributed by atoms with van der Waals surface area (Å²) in [6, 6.07) is 6.81. The van der Waals surface area contributed by atoms with Crippen LogP contribution in [0.4, 0.5) is 0 Å². The number of aromatic carboxylic acids is 1. The Morgan fingerprint density at radius 3 is 2.89 bits per heavy atom. The fourth-order valence-electron chi connectivity index (χ4n) is 3.14. The Kier molecular flexibility index (Phi) is 4.45. The van der Waals surface area contributed by atoms with Crippen molar-refractivity contribution in [3.63, 3.8) is 0 Å². The van der Waals surface area contributed by atoms with Crippen molar-refractivity contribution in [2.45, 2.75) is 25.8 Å². The average molecular weight is 367 g/mol. The van der Waals surface area contributed by atoms with Crippen LogP contribution in [0, 0.1) is 0 Å². The highest BCUT2D eigenvalue weighted by Crippen LogP contribution is 2.22. The minimum atomic E-state index is -0.967. The van der Waals surface area contributed by atoms with Gasteiger partial charge in [0.25, 0.3) is 0 Å². The molecule has 0 unspecified atom stereocenters. The fraction of sp³-hybridized carbons (Fsp3) is 0.263. The number of aryl methyl sites for hydroxylation is 1. The molecule has 3 heterocycles. The largest absolute Gasteiger partial charge is 0.478 e. The summed E-state index contributed by atoms with van der Waals surface area (Å²) in [4.78, 5) is 29.7. The van der Waals surface area contributed by atoms with E-state index in [0.717, 1.165) is 16.7 Å². The molecule has 4 rings (SSSR count). The highest BCUT2D eigenvalue weighted by atomic mass is 16.5. The lowest BCUT2D eigenvalue weighted by Gasteiger charge is -2.29. The van der Waals surface area contributed by atoms with Gasteiger partial charge in [-0.25, -0.2) is 4.79 Å². The number of hydrogen-bond donors (Lipinski definition) is 1. The molecule has 8 nitrogen and oxygen atoms in total. The molecule has 0 saturated heterocycles. The standard InChI is InChI=1S/C19H17N3O5/c23-17(4-3-16-20-18(21-27-16)14-6-8-26-11-14)22-7-5-12-1-2-13(19(24)25)9-15(12)10-22/h1-2,6,8-9,11H,3-5,7,10H2,(H,24,25). The molecular formula is C19H17N3O5. The summed E-state index contributed by atoms with van der Waals surface area (Å²) in [5.41, 5.74) is 2.93. The molecule has 0 bridgehead atoms. The van der Waals surface area contributed by atoms with Crippen molar-refractivity contribution in [1.82, 2.24) is 15.0 Å². The molecule has 0 aliphatic carbocycles. The minimum Gasteiger partial charge on any atom is -0.478 e. The Hall–Kier alpha value is -3.42. The molecule has 138 valence electrons. The summed E-state index contributed by atoms with van der Waals surface area (Å²) < 4.78 is 10.2. The van der Waals surface area contributed by atoms with Crippen LogP contribution in [0.15, 0.2) is 45.7 Å². The molecule has 1 N–H and O–H groups in total. The molecule has 1 aromatic carbocycles. The Balaban J connectivity index is 1.38. The number of hydrogen-bond acceptors (Lipinski definition) is 6. The van der Waals surface area contributed by atoms with Crippen LogP contribution >= 0.6 is 0 Å². The molecule has 0 radical (unpaired) electrons. The predicted molar refractivity (Wildman–Crippen MR) is 92.8 cm³/mol. The Bertz CT molecular complexity index is 977. The van der Waals surface area contributed by atoms with Gasteiger partial charge in [-0.05, 0) is 35.7 Å². The van der Waals surface area contributed by atoms with Crippen LogP contribution in [0.5, 0.6) is 0 Å². The van der Waals surface area contributed by atoms with Crippen molar-refractivity contribution in [3.8, 4) is 11.4 Å². The number of benzene rings is 1. The van der Waals surface area contributed by atoms with Gasteiger partial charge in [-0.15, -0.1) is 0 Å². The van der Waals surface area contributed by atoms with E-state index in [1.165, 1.54) is 12.5 Å². The first-order valence-electron chi connectivity index (χ1n) is 8.58. The number of rotatable bonds is 5. The Morgan fingerprint density at radius 1 is 1.22 bits per heavy atom. The van der Waals surface area contributed by atoms with Crippen molar-refractivity contribution in [2.75, 3.05) is 6.54 Å². The zero-order valence-corrected chi connectivity index (χ0v) is 14.4. The van der Waals surface area contributed by atoms with Gasteiger partial charge in [0.05, 0.1) is 17.4 Å². The maximum absolute atomic E-state index is 12.5. The molecule has 1 aliphatic heterocycles. The Labute approximate surface area is 154 Å². The minimum absolute atomic E-state index is 0.0237. The fourth-order valence-corrected chi connectivity index (χ4v) is 3.14. The first kappa shape index (κ1) is 17.0. The van der Waals surface area contributed by atoms with Crippen LogP contribution in [-0.2, 0) is 24.2 Å². The molecule has 0 fully saturated rings. The van der Waals surface area contributed by atoms with Crippen LogP contribution in [0.3, 0.4) is 0 Å². The maximum Gasteiger partial charge on any atom is 0.335 e. The number of amides is 1. The summed E-state index contributed by atoms with van der Waals surface area (Å²) in [5.74, 6) is -0.167. The van der Waals surface area contributed by atoms with E-state index in [9.17, 15) is 9.59 Å². The lowest BCUT2D eigenvalue weighted by atomic mass is 9.97. The van der Waals surface area contributed by atoms with E-state index in [1.807, 2.05) is 6.07 Å². The van der Waals surface area contributed by atoms with Crippen LogP contribution in [0.2, 0.25) is 0 Å². The van der Waals surface area contributed by atoms with Crippen LogP contribution < -0.4 is 0 Å². The van der Waals surface area contributed by atoms with E-state index in [1.54, 1.807) is 23.1 Å². The van der Waals surface area contributed by atoms with Gasteiger partial charge in [-0.2, -0.15) is 4.98 Å². The zero-order valence-electron chi connectivity index (χ0n) is 14.4. The van der Waals surface area contributed by atoms with Gasteiger partial charge in [0.1, 0.15) is 6.26 Å². The molecule has 0 atom stereocenters. The SMILES string of the molecule is O=C(O)c1ccc2c(c1)CN(C(=O)CCc1nc(-c3ccoc3)no1)CC2. The normalized spacial score (nSPS) is 13.4. The second-order valence-electron chi connectivity index (χ2n) is 6.38. The van der Waals surface area contributed by atoms with Gasteiger partial charge in [0.2, 0.25) is 17.6 Å². The third-order valence-electron chi connectivity index (χ3n) is 4.62. The second-order valence-corrected chi connectivity index (χ2v) is 6.38. The van der Waals surface area contributed by atoms with Crippen molar-refractivity contribution in [2.24, 2.45) is 0 Å². The first-order chi connectivity index (χ1) is 13.1. The van der Waals surface area contributed by atoms with Gasteiger partial charge >= 0.3 is 5.97 Å². The molecule has 2 aromatic heterocycles. The van der Waals surface area contributed by atoms with Gasteiger partial charge in [-0.3, -0.25) is 4.79 Å². The molecule has 1 amide bonds. The predicted octanol–water partition coefficient (Wildman–Crippen LogP) is 2.55. The zero-order chi connectivity index (χ0) is 18.8. The quantitative estimate of drug-likeness (QED) is 0.738. The smallest absolute Gasteiger partial charge is 0.335 e. The highest BCUT2D eigenvalue weighted by Gasteiger charge is 2.22. The van der Waals surface area contributed by atoms with Gasteiger partial charge < -0.3 is 18.9 Å². The summed E-state index contributed by atoms with van der Waals surface area (Å²) >= 11 is 0. The third kappa shape index (κ3) is 3.59. The molecule has 0 spiro atoms. The van der Waals surface area contributed by atoms with Crippen LogP contribution in [0.25, 0.3) is 11.4 Å². The molecule has 1 aliphatic rings. The van der Waals surface area contributed by atoms with E-state index in [2.05, 4.69) is 10.1 Å². The van der Waals surface area contributed by atoms with Crippen molar-refractivity contribution < 1.29 is 23.6 Å². The molecule has 27 heavy (non-hydrogen) atoms. The number of nitrogens with zero attached hydrogens (tertiary/aromatic N) is 3. The summed E-state index contributed by atoms with van der Waals surface area (Å²) in [6.07, 6.45) is 4.37. The summed E-state index contributed by atoms with van der Waals surface area (Å²) in [5, 5.41) is 13.0. The second kappa shape index (κ2) is 7.06. The number of carbonyl (C=O) groups is 2. The highest BCUT2D eigenvalue weighted by molar-refractivity contribution is 5.88. The van der Waals surface area contributed by atoms with Crippen LogP contribution in [-0.4, -0.2) is 38.6 Å². The summed E-state index contributed by atoms with van der Waals surface area (Å²) in [7, 11) is 0. The Morgan fingerprint density at radius 2 is 2.11 bits per heavy atom. The summed E-state index contributed by atoms with van der Waals surface area (Å²) in [6.45, 7) is 1.03. The van der Waals surface area contributed by atoms with E-state index < -0.39 is 5.97 Å². The number of fused-ring (bicyclic) bond motifs is 1. The molecule has 3 aromatic rings. The topological polar surface area (TPSA) is 110 Å². The average Bonchev–Trinajstić information content (AvgIpc) is 3.36. The van der Waals surface area contributed by atoms with Crippen molar-refractivity contribution in [1.29, 1.82) is 0 Å². The molecule has 0 saturated carbocycles. The van der Waals surface area contributed by atoms with Crippen molar-refractivity contribution >= 4 is 11.9 Å². The number of furan rings is 1. The third-order valence-corrected chi connectivity index (χ3v) is 4.62. The first-order valence-corrected chi connectivity index (χ1v) is 8.58. The number of aromatic nitrogens is 2. The van der Waals surface area contributed by atoms with E-state index in [0.29, 0.717) is 37.6 Å². The van der Waals surface area contributed by atoms with Gasteiger partial charge in [-0.1, -0.05) is 11.2 Å². The van der Waals surface area contributed by atoms with Crippen molar-refractivity contribution in [3.05, 3.63) is 59.4 Å². The number of carbonyl (C=O) groups excluding carboxylic acids is 1. The number of carboxylic acids is 1. The monoisotopic (exact) mass is 367 g/mol. The van der Waals surface area contributed by atoms with E-state index in [4.69, 9.17) is 14.0 Å².